The molecule has 1 heterocycles. The highest BCUT2D eigenvalue weighted by Crippen LogP contribution is 2.19. The first-order chi connectivity index (χ1) is 6.18. The molecule has 1 aromatic heterocycles. The Morgan fingerprint density at radius 3 is 2.77 bits per heavy atom. The largest absolute Gasteiger partial charge is 0.398 e. The van der Waals surface area contributed by atoms with E-state index in [-0.39, 0.29) is 0 Å². The number of nitrogens with zero attached hydrogens (tertiary/aromatic N) is 1. The number of aromatic nitrogens is 1. The minimum absolute atomic E-state index is 0.730. The number of fused-ring (bicyclic) bond motifs is 1. The van der Waals surface area contributed by atoms with E-state index in [0.717, 1.165) is 22.3 Å². The smallest absolute Gasteiger partial charge is 0.214 e. The maximum absolute atomic E-state index is 5.83. The summed E-state index contributed by atoms with van der Waals surface area (Å²) in [5, 5.41) is 1.00. The molecule has 2 aromatic rings. The first kappa shape index (κ1) is 7.86. The predicted molar refractivity (Wildman–Crippen MR) is 53.9 cm³/mol. The highest BCUT2D eigenvalue weighted by molar-refractivity contribution is 5.89. The van der Waals surface area contributed by atoms with Gasteiger partial charge in [0.15, 0.2) is 6.20 Å². The lowest BCUT2D eigenvalue weighted by Gasteiger charge is -2.00. The van der Waals surface area contributed by atoms with Crippen LogP contribution in [-0.4, -0.2) is 0 Å². The molecule has 4 N–H and O–H groups in total. The number of nitrogen functional groups attached to an aromatic ring is 2. The van der Waals surface area contributed by atoms with E-state index in [4.69, 9.17) is 11.5 Å². The van der Waals surface area contributed by atoms with Gasteiger partial charge < -0.3 is 11.5 Å². The van der Waals surface area contributed by atoms with Crippen molar-refractivity contribution in [2.24, 2.45) is 7.05 Å². The third-order valence-electron chi connectivity index (χ3n) is 2.15. The second-order valence-corrected chi connectivity index (χ2v) is 3.16. The minimum atomic E-state index is 0.730. The summed E-state index contributed by atoms with van der Waals surface area (Å²) >= 11 is 0. The molecule has 0 saturated heterocycles. The molecule has 0 radical (unpaired) electrons. The number of hydrogen-bond donors (Lipinski definition) is 2. The molecule has 3 heteroatoms. The molecule has 0 atom stereocenters. The SMILES string of the molecule is C[n+]1cc(N)cc2c(N)cccc21. The quantitative estimate of drug-likeness (QED) is 0.459. The number of nitrogens with two attached hydrogens (primary N) is 2. The van der Waals surface area contributed by atoms with Crippen LogP contribution in [0, 0.1) is 0 Å². The van der Waals surface area contributed by atoms with E-state index < -0.39 is 0 Å². The molecule has 0 amide bonds. The van der Waals surface area contributed by atoms with Gasteiger partial charge in [0.1, 0.15) is 7.05 Å². The van der Waals surface area contributed by atoms with Crippen LogP contribution in [0.4, 0.5) is 11.4 Å². The summed E-state index contributed by atoms with van der Waals surface area (Å²) in [6.45, 7) is 0. The lowest BCUT2D eigenvalue weighted by atomic mass is 10.1. The Hall–Kier alpha value is -1.77. The van der Waals surface area contributed by atoms with Crippen molar-refractivity contribution in [3.8, 4) is 0 Å². The highest BCUT2D eigenvalue weighted by Gasteiger charge is 2.07. The van der Waals surface area contributed by atoms with Gasteiger partial charge in [-0.05, 0) is 12.1 Å². The molecule has 3 nitrogen and oxygen atoms in total. The van der Waals surface area contributed by atoms with Gasteiger partial charge in [0.25, 0.3) is 0 Å². The molecule has 0 aliphatic heterocycles. The first-order valence-corrected chi connectivity index (χ1v) is 4.12. The molecule has 66 valence electrons. The van der Waals surface area contributed by atoms with E-state index in [2.05, 4.69) is 0 Å². The highest BCUT2D eigenvalue weighted by atomic mass is 14.9. The van der Waals surface area contributed by atoms with Crippen molar-refractivity contribution in [3.63, 3.8) is 0 Å². The van der Waals surface area contributed by atoms with Gasteiger partial charge in [0.2, 0.25) is 5.52 Å². The number of hydrogen-bond acceptors (Lipinski definition) is 2. The average Bonchev–Trinajstić information content (AvgIpc) is 2.07. The summed E-state index contributed by atoms with van der Waals surface area (Å²) in [7, 11) is 1.96. The summed E-state index contributed by atoms with van der Waals surface area (Å²) in [4.78, 5) is 0. The Kier molecular flexibility index (Phi) is 1.59. The fourth-order valence-electron chi connectivity index (χ4n) is 1.53. The van der Waals surface area contributed by atoms with Gasteiger partial charge in [-0.25, -0.2) is 0 Å². The van der Waals surface area contributed by atoms with Crippen molar-refractivity contribution in [2.75, 3.05) is 11.5 Å². The molecule has 0 aliphatic rings. The molecule has 1 aromatic carbocycles. The van der Waals surface area contributed by atoms with E-state index in [0.29, 0.717) is 0 Å². The number of anilines is 2. The van der Waals surface area contributed by atoms with Crippen molar-refractivity contribution in [3.05, 3.63) is 30.5 Å². The topological polar surface area (TPSA) is 55.9 Å². The van der Waals surface area contributed by atoms with Crippen molar-refractivity contribution < 1.29 is 4.57 Å². The summed E-state index contributed by atoms with van der Waals surface area (Å²) < 4.78 is 1.97. The van der Waals surface area contributed by atoms with Gasteiger partial charge in [-0.15, -0.1) is 0 Å². The lowest BCUT2D eigenvalue weighted by Crippen LogP contribution is -2.29. The molecule has 0 unspecified atom stereocenters. The zero-order valence-electron chi connectivity index (χ0n) is 7.49. The van der Waals surface area contributed by atoms with Crippen molar-refractivity contribution in [1.29, 1.82) is 0 Å². The third kappa shape index (κ3) is 1.18. The van der Waals surface area contributed by atoms with Crippen LogP contribution >= 0.6 is 0 Å². The normalized spacial score (nSPS) is 10.5. The molecule has 0 fully saturated rings. The zero-order valence-corrected chi connectivity index (χ0v) is 7.49. The molecule has 0 aliphatic carbocycles. The second-order valence-electron chi connectivity index (χ2n) is 3.16. The maximum Gasteiger partial charge on any atom is 0.214 e. The number of benzene rings is 1. The van der Waals surface area contributed by atoms with E-state index >= 15 is 0 Å². The first-order valence-electron chi connectivity index (χ1n) is 4.12. The Bertz CT molecular complexity index is 463. The monoisotopic (exact) mass is 174 g/mol. The third-order valence-corrected chi connectivity index (χ3v) is 2.15. The van der Waals surface area contributed by atoms with Crippen molar-refractivity contribution in [1.82, 2.24) is 0 Å². The van der Waals surface area contributed by atoms with Gasteiger partial charge >= 0.3 is 0 Å². The Labute approximate surface area is 76.6 Å². The van der Waals surface area contributed by atoms with Gasteiger partial charge in [-0.2, -0.15) is 4.57 Å². The van der Waals surface area contributed by atoms with E-state index in [1.165, 1.54) is 0 Å². The van der Waals surface area contributed by atoms with E-state index in [9.17, 15) is 0 Å². The van der Waals surface area contributed by atoms with Crippen LogP contribution in [0.2, 0.25) is 0 Å². The molecule has 13 heavy (non-hydrogen) atoms. The molecule has 0 bridgehead atoms. The van der Waals surface area contributed by atoms with E-state index in [1.54, 1.807) is 0 Å². The lowest BCUT2D eigenvalue weighted by molar-refractivity contribution is -0.644. The predicted octanol–water partition coefficient (Wildman–Crippen LogP) is 0.829. The van der Waals surface area contributed by atoms with Crippen LogP contribution in [0.25, 0.3) is 10.9 Å². The van der Waals surface area contributed by atoms with Gasteiger partial charge in [0.05, 0.1) is 11.1 Å². The Balaban J connectivity index is 2.94. The zero-order chi connectivity index (χ0) is 9.42. The van der Waals surface area contributed by atoms with Crippen LogP contribution < -0.4 is 16.0 Å². The Morgan fingerprint density at radius 1 is 1.23 bits per heavy atom. The number of aryl methyl sites for hydroxylation is 1. The Morgan fingerprint density at radius 2 is 2.00 bits per heavy atom. The van der Waals surface area contributed by atoms with Crippen LogP contribution in [0.15, 0.2) is 30.5 Å². The molecule has 2 rings (SSSR count). The van der Waals surface area contributed by atoms with Gasteiger partial charge in [-0.1, -0.05) is 6.07 Å². The van der Waals surface area contributed by atoms with Crippen molar-refractivity contribution >= 4 is 22.3 Å². The van der Waals surface area contributed by atoms with Gasteiger partial charge in [0, 0.05) is 11.8 Å². The summed E-state index contributed by atoms with van der Waals surface area (Å²) in [6.07, 6.45) is 1.88. The van der Waals surface area contributed by atoms with Crippen LogP contribution in [-0.2, 0) is 7.05 Å². The van der Waals surface area contributed by atoms with E-state index in [1.807, 2.05) is 42.1 Å². The minimum Gasteiger partial charge on any atom is -0.398 e. The molecular weight excluding hydrogens is 162 g/mol. The molecular formula is C10H12N3+. The van der Waals surface area contributed by atoms with Crippen LogP contribution in [0.3, 0.4) is 0 Å². The molecule has 0 saturated carbocycles. The fourth-order valence-corrected chi connectivity index (χ4v) is 1.53. The second kappa shape index (κ2) is 2.62. The molecule has 0 spiro atoms. The van der Waals surface area contributed by atoms with Crippen molar-refractivity contribution in [2.45, 2.75) is 0 Å². The number of pyridine rings is 1. The fraction of sp³-hybridized carbons (Fsp3) is 0.100. The van der Waals surface area contributed by atoms with Gasteiger partial charge in [-0.3, -0.25) is 0 Å². The van der Waals surface area contributed by atoms with Crippen LogP contribution in [0.5, 0.6) is 0 Å². The average molecular weight is 174 g/mol. The summed E-state index contributed by atoms with van der Waals surface area (Å²) in [5.74, 6) is 0. The summed E-state index contributed by atoms with van der Waals surface area (Å²) in [6, 6.07) is 7.73. The standard InChI is InChI=1S/C10H11N3/c1-13-6-7(11)5-8-9(12)3-2-4-10(8)13/h2-6,12H,11H2,1H3/p+1. The summed E-state index contributed by atoms with van der Waals surface area (Å²) in [5.41, 5.74) is 14.1. The van der Waals surface area contributed by atoms with Crippen LogP contribution in [0.1, 0.15) is 0 Å². The number of rotatable bonds is 0. The maximum atomic E-state index is 5.83.